The van der Waals surface area contributed by atoms with Gasteiger partial charge in [-0.15, -0.1) is 0 Å². The van der Waals surface area contributed by atoms with Gasteiger partial charge in [0.25, 0.3) is 0 Å². The van der Waals surface area contributed by atoms with Gasteiger partial charge in [-0.2, -0.15) is 0 Å². The Bertz CT molecular complexity index is 845. The second kappa shape index (κ2) is 11.1. The molecule has 0 aliphatic carbocycles. The van der Waals surface area contributed by atoms with Gasteiger partial charge in [-0.1, -0.05) is 24.3 Å². The molecule has 0 unspecified atom stereocenters. The highest BCUT2D eigenvalue weighted by molar-refractivity contribution is 5.92. The molecule has 1 N–H and O–H groups in total. The molecule has 0 saturated carbocycles. The molecule has 1 amide bonds. The largest absolute Gasteiger partial charge is 0.496 e. The lowest BCUT2D eigenvalue weighted by Crippen LogP contribution is -2.21. The van der Waals surface area contributed by atoms with Crippen molar-refractivity contribution in [2.75, 3.05) is 21.3 Å². The quantitative estimate of drug-likeness (QED) is 0.613. The molecule has 0 saturated heterocycles. The van der Waals surface area contributed by atoms with Crippen molar-refractivity contribution in [2.45, 2.75) is 33.1 Å². The zero-order valence-corrected chi connectivity index (χ0v) is 17.7. The number of methoxy groups -OCH3 is 3. The fourth-order valence-electron chi connectivity index (χ4n) is 2.72. The summed E-state index contributed by atoms with van der Waals surface area (Å²) < 4.78 is 21.7. The molecule has 0 aromatic heterocycles. The fraction of sp³-hybridized carbons (Fsp3) is 0.348. The monoisotopic (exact) mass is 399 g/mol. The van der Waals surface area contributed by atoms with Crippen LogP contribution in [0.1, 0.15) is 30.5 Å². The molecule has 29 heavy (non-hydrogen) atoms. The van der Waals surface area contributed by atoms with E-state index in [4.69, 9.17) is 18.9 Å². The molecule has 0 atom stereocenters. The summed E-state index contributed by atoms with van der Waals surface area (Å²) in [6, 6.07) is 11.4. The number of carbonyl (C=O) groups excluding carboxylic acids is 1. The van der Waals surface area contributed by atoms with Crippen LogP contribution >= 0.6 is 0 Å². The molecule has 156 valence electrons. The average molecular weight is 399 g/mol. The maximum absolute atomic E-state index is 12.3. The molecule has 0 aliphatic heterocycles. The molecule has 0 fully saturated rings. The van der Waals surface area contributed by atoms with Crippen molar-refractivity contribution in [1.82, 2.24) is 5.32 Å². The van der Waals surface area contributed by atoms with Gasteiger partial charge >= 0.3 is 0 Å². The summed E-state index contributed by atoms with van der Waals surface area (Å²) in [5.74, 6) is 1.50. The van der Waals surface area contributed by atoms with Gasteiger partial charge < -0.3 is 24.3 Å². The van der Waals surface area contributed by atoms with E-state index in [9.17, 15) is 4.79 Å². The van der Waals surface area contributed by atoms with Crippen LogP contribution in [0.2, 0.25) is 0 Å². The number of benzene rings is 2. The van der Waals surface area contributed by atoms with E-state index in [0.29, 0.717) is 36.0 Å². The van der Waals surface area contributed by atoms with Crippen LogP contribution in [0.4, 0.5) is 0 Å². The lowest BCUT2D eigenvalue weighted by atomic mass is 10.1. The lowest BCUT2D eigenvalue weighted by Gasteiger charge is -2.13. The Morgan fingerprint density at radius 3 is 2.21 bits per heavy atom. The first kappa shape index (κ1) is 22.3. The molecule has 2 aromatic carbocycles. The molecule has 2 rings (SSSR count). The molecule has 0 radical (unpaired) electrons. The second-order valence-corrected chi connectivity index (χ2v) is 6.63. The molecule has 6 nitrogen and oxygen atoms in total. The number of rotatable bonds is 10. The second-order valence-electron chi connectivity index (χ2n) is 6.63. The van der Waals surface area contributed by atoms with Crippen LogP contribution in [0.15, 0.2) is 42.5 Å². The molecule has 0 aliphatic rings. The first-order valence-electron chi connectivity index (χ1n) is 9.42. The number of carbonyl (C=O) groups is 1. The van der Waals surface area contributed by atoms with Gasteiger partial charge in [0.2, 0.25) is 5.91 Å². The van der Waals surface area contributed by atoms with E-state index in [1.165, 1.54) is 6.08 Å². The summed E-state index contributed by atoms with van der Waals surface area (Å²) in [7, 11) is 4.68. The predicted molar refractivity (Wildman–Crippen MR) is 113 cm³/mol. The Balaban J connectivity index is 2.06. The van der Waals surface area contributed by atoms with E-state index in [1.807, 2.05) is 38.1 Å². The Labute approximate surface area is 172 Å². The van der Waals surface area contributed by atoms with Gasteiger partial charge in [-0.3, -0.25) is 4.79 Å². The molecule has 0 heterocycles. The highest BCUT2D eigenvalue weighted by atomic mass is 16.5. The van der Waals surface area contributed by atoms with Crippen LogP contribution in [0.5, 0.6) is 17.2 Å². The lowest BCUT2D eigenvalue weighted by molar-refractivity contribution is -0.116. The van der Waals surface area contributed by atoms with Crippen molar-refractivity contribution >= 4 is 12.0 Å². The topological polar surface area (TPSA) is 66.0 Å². The summed E-state index contributed by atoms with van der Waals surface area (Å²) in [5, 5.41) is 2.91. The van der Waals surface area contributed by atoms with E-state index < -0.39 is 0 Å². The van der Waals surface area contributed by atoms with Crippen molar-refractivity contribution in [1.29, 1.82) is 0 Å². The van der Waals surface area contributed by atoms with Crippen LogP contribution in [0.25, 0.3) is 6.08 Å². The van der Waals surface area contributed by atoms with Gasteiger partial charge in [0.15, 0.2) is 11.5 Å². The Hall–Kier alpha value is -2.99. The van der Waals surface area contributed by atoms with E-state index >= 15 is 0 Å². The van der Waals surface area contributed by atoms with Gasteiger partial charge in [-0.05, 0) is 37.1 Å². The Morgan fingerprint density at radius 2 is 1.59 bits per heavy atom. The fourth-order valence-corrected chi connectivity index (χ4v) is 2.72. The smallest absolute Gasteiger partial charge is 0.244 e. The molecule has 2 aromatic rings. The van der Waals surface area contributed by atoms with Crippen molar-refractivity contribution in [3.63, 3.8) is 0 Å². The van der Waals surface area contributed by atoms with Gasteiger partial charge in [-0.25, -0.2) is 0 Å². The predicted octanol–water partition coefficient (Wildman–Crippen LogP) is 3.97. The first-order chi connectivity index (χ1) is 14.0. The minimum absolute atomic E-state index is 0.150. The Morgan fingerprint density at radius 1 is 0.966 bits per heavy atom. The van der Waals surface area contributed by atoms with Crippen molar-refractivity contribution in [3.05, 3.63) is 59.2 Å². The summed E-state index contributed by atoms with van der Waals surface area (Å²) >= 11 is 0. The molecule has 0 bridgehead atoms. The van der Waals surface area contributed by atoms with Crippen LogP contribution in [-0.2, 0) is 22.7 Å². The third kappa shape index (κ3) is 6.54. The van der Waals surface area contributed by atoms with Crippen LogP contribution in [-0.4, -0.2) is 33.3 Å². The zero-order chi connectivity index (χ0) is 21.2. The zero-order valence-electron chi connectivity index (χ0n) is 17.7. The minimum atomic E-state index is -0.207. The van der Waals surface area contributed by atoms with Gasteiger partial charge in [0.05, 0.1) is 34.0 Å². The third-order valence-corrected chi connectivity index (χ3v) is 4.29. The number of amides is 1. The minimum Gasteiger partial charge on any atom is -0.496 e. The van der Waals surface area contributed by atoms with E-state index in [0.717, 1.165) is 11.1 Å². The van der Waals surface area contributed by atoms with E-state index in [-0.39, 0.29) is 12.0 Å². The van der Waals surface area contributed by atoms with Crippen molar-refractivity contribution in [2.24, 2.45) is 0 Å². The maximum atomic E-state index is 12.3. The summed E-state index contributed by atoms with van der Waals surface area (Å²) in [5.41, 5.74) is 2.80. The molecule has 6 heteroatoms. The highest BCUT2D eigenvalue weighted by Gasteiger charge is 2.10. The average Bonchev–Trinajstić information content (AvgIpc) is 2.74. The number of hydrogen-bond donors (Lipinski definition) is 1. The maximum Gasteiger partial charge on any atom is 0.244 e. The van der Waals surface area contributed by atoms with Crippen LogP contribution < -0.4 is 19.5 Å². The normalized spacial score (nSPS) is 11.0. The number of ether oxygens (including phenoxy) is 4. The van der Waals surface area contributed by atoms with Gasteiger partial charge in [0, 0.05) is 24.3 Å². The summed E-state index contributed by atoms with van der Waals surface area (Å²) in [4.78, 5) is 12.3. The summed E-state index contributed by atoms with van der Waals surface area (Å²) in [6.07, 6.45) is 3.30. The highest BCUT2D eigenvalue weighted by Crippen LogP contribution is 2.35. The summed E-state index contributed by atoms with van der Waals surface area (Å²) in [6.45, 7) is 4.93. The van der Waals surface area contributed by atoms with Crippen LogP contribution in [0, 0.1) is 0 Å². The standard InChI is InChI=1S/C23H29NO5/c1-16(2)29-15-19-9-7-6-8-18(19)14-24-23(25)11-10-17-12-21(27-4)22(28-5)13-20(17)26-3/h6-13,16H,14-15H2,1-5H3,(H,24,25)/b11-10+. The molecule has 0 spiro atoms. The molecular weight excluding hydrogens is 370 g/mol. The van der Waals surface area contributed by atoms with E-state index in [1.54, 1.807) is 39.5 Å². The van der Waals surface area contributed by atoms with Gasteiger partial charge in [0.1, 0.15) is 5.75 Å². The third-order valence-electron chi connectivity index (χ3n) is 4.29. The van der Waals surface area contributed by atoms with E-state index in [2.05, 4.69) is 5.32 Å². The number of hydrogen-bond acceptors (Lipinski definition) is 5. The molecular formula is C23H29NO5. The SMILES string of the molecule is COc1cc(OC)c(OC)cc1/C=C/C(=O)NCc1ccccc1COC(C)C. The van der Waals surface area contributed by atoms with Crippen molar-refractivity contribution < 1.29 is 23.7 Å². The van der Waals surface area contributed by atoms with Crippen molar-refractivity contribution in [3.8, 4) is 17.2 Å². The number of nitrogens with one attached hydrogen (secondary N) is 1. The Kier molecular flexibility index (Phi) is 8.55. The van der Waals surface area contributed by atoms with Crippen LogP contribution in [0.3, 0.4) is 0 Å². The first-order valence-corrected chi connectivity index (χ1v) is 9.42.